The molecule has 0 radical (unpaired) electrons. The zero-order valence-corrected chi connectivity index (χ0v) is 11.8. The second-order valence-corrected chi connectivity index (χ2v) is 5.30. The lowest BCUT2D eigenvalue weighted by atomic mass is 9.94. The zero-order valence-electron chi connectivity index (χ0n) is 11.0. The van der Waals surface area contributed by atoms with E-state index in [1.54, 1.807) is 6.07 Å². The molecule has 3 nitrogen and oxygen atoms in total. The minimum atomic E-state index is -0.0265. The van der Waals surface area contributed by atoms with Crippen molar-refractivity contribution in [3.63, 3.8) is 0 Å². The van der Waals surface area contributed by atoms with Crippen molar-refractivity contribution < 1.29 is 9.21 Å². The van der Waals surface area contributed by atoms with Crippen LogP contribution in [0.4, 0.5) is 0 Å². The Morgan fingerprint density at radius 2 is 2.11 bits per heavy atom. The van der Waals surface area contributed by atoms with Crippen molar-refractivity contribution in [3.8, 4) is 0 Å². The Balaban J connectivity index is 2.09. The Kier molecular flexibility index (Phi) is 4.33. The Bertz CT molecular complexity index is 421. The van der Waals surface area contributed by atoms with Crippen LogP contribution in [0.2, 0.25) is 0 Å². The van der Waals surface area contributed by atoms with Crippen molar-refractivity contribution >= 4 is 17.5 Å². The molecule has 1 fully saturated rings. The Hall–Kier alpha value is -0.960. The first-order valence-corrected chi connectivity index (χ1v) is 7.09. The molecule has 0 atom stereocenters. The normalized spacial score (nSPS) is 16.8. The molecule has 0 aromatic carbocycles. The summed E-state index contributed by atoms with van der Waals surface area (Å²) in [5.74, 6) is 1.51. The van der Waals surface area contributed by atoms with Gasteiger partial charge in [0.2, 0.25) is 0 Å². The van der Waals surface area contributed by atoms with Crippen molar-refractivity contribution in [2.45, 2.75) is 50.9 Å². The van der Waals surface area contributed by atoms with Crippen LogP contribution in [0.3, 0.4) is 0 Å². The molecule has 1 aromatic heterocycles. The third-order valence-electron chi connectivity index (χ3n) is 3.82. The molecule has 2 rings (SSSR count). The Morgan fingerprint density at radius 3 is 2.67 bits per heavy atom. The lowest BCUT2D eigenvalue weighted by molar-refractivity contribution is 0.0663. The first-order valence-electron chi connectivity index (χ1n) is 6.56. The van der Waals surface area contributed by atoms with Gasteiger partial charge in [-0.05, 0) is 25.8 Å². The van der Waals surface area contributed by atoms with Crippen molar-refractivity contribution in [1.82, 2.24) is 4.90 Å². The van der Waals surface area contributed by atoms with Gasteiger partial charge in [-0.25, -0.2) is 0 Å². The molecule has 1 heterocycles. The van der Waals surface area contributed by atoms with E-state index in [-0.39, 0.29) is 5.91 Å². The summed E-state index contributed by atoms with van der Waals surface area (Å²) < 4.78 is 5.50. The molecule has 18 heavy (non-hydrogen) atoms. The highest BCUT2D eigenvalue weighted by Crippen LogP contribution is 2.24. The SMILES string of the molecule is Cc1oc(C(=O)N(C)C2CCCCC2)cc1CCl. The maximum atomic E-state index is 12.3. The summed E-state index contributed by atoms with van der Waals surface area (Å²) >= 11 is 5.79. The number of furan rings is 1. The number of alkyl halides is 1. The van der Waals surface area contributed by atoms with Crippen LogP contribution < -0.4 is 0 Å². The number of halogens is 1. The molecule has 100 valence electrons. The molecule has 0 N–H and O–H groups in total. The fraction of sp³-hybridized carbons (Fsp3) is 0.643. The molecule has 0 spiro atoms. The van der Waals surface area contributed by atoms with Crippen molar-refractivity contribution in [2.24, 2.45) is 0 Å². The van der Waals surface area contributed by atoms with Gasteiger partial charge in [-0.3, -0.25) is 4.79 Å². The lowest BCUT2D eigenvalue weighted by Gasteiger charge is -2.30. The minimum absolute atomic E-state index is 0.0265. The predicted octanol–water partition coefficient (Wildman–Crippen LogP) is 3.73. The van der Waals surface area contributed by atoms with Gasteiger partial charge in [0.15, 0.2) is 5.76 Å². The first-order chi connectivity index (χ1) is 8.63. The van der Waals surface area contributed by atoms with Gasteiger partial charge >= 0.3 is 0 Å². The molecule has 1 aliphatic carbocycles. The van der Waals surface area contributed by atoms with Crippen LogP contribution in [0.15, 0.2) is 10.5 Å². The van der Waals surface area contributed by atoms with E-state index in [9.17, 15) is 4.79 Å². The third-order valence-corrected chi connectivity index (χ3v) is 4.11. The molecule has 1 aromatic rings. The highest BCUT2D eigenvalue weighted by Gasteiger charge is 2.25. The van der Waals surface area contributed by atoms with Gasteiger partial charge in [0, 0.05) is 18.7 Å². The van der Waals surface area contributed by atoms with Crippen LogP contribution in [0.1, 0.15) is 54.0 Å². The van der Waals surface area contributed by atoms with Gasteiger partial charge in [0.25, 0.3) is 5.91 Å². The second-order valence-electron chi connectivity index (χ2n) is 5.03. The van der Waals surface area contributed by atoms with Gasteiger partial charge in [-0.2, -0.15) is 0 Å². The van der Waals surface area contributed by atoms with Gasteiger partial charge in [0.1, 0.15) is 5.76 Å². The number of rotatable bonds is 3. The van der Waals surface area contributed by atoms with E-state index in [0.717, 1.165) is 24.2 Å². The molecule has 0 saturated heterocycles. The fourth-order valence-electron chi connectivity index (χ4n) is 2.57. The van der Waals surface area contributed by atoms with Crippen LogP contribution in [-0.4, -0.2) is 23.9 Å². The zero-order chi connectivity index (χ0) is 13.1. The molecule has 4 heteroatoms. The van der Waals surface area contributed by atoms with E-state index in [4.69, 9.17) is 16.0 Å². The number of aryl methyl sites for hydroxylation is 1. The average molecular weight is 270 g/mol. The van der Waals surface area contributed by atoms with Crippen LogP contribution in [0.25, 0.3) is 0 Å². The number of hydrogen-bond acceptors (Lipinski definition) is 2. The summed E-state index contributed by atoms with van der Waals surface area (Å²) in [5.41, 5.74) is 0.900. The van der Waals surface area contributed by atoms with Gasteiger partial charge < -0.3 is 9.32 Å². The smallest absolute Gasteiger partial charge is 0.289 e. The van der Waals surface area contributed by atoms with Crippen molar-refractivity contribution in [3.05, 3.63) is 23.2 Å². The van der Waals surface area contributed by atoms with Crippen LogP contribution in [0, 0.1) is 6.92 Å². The highest BCUT2D eigenvalue weighted by atomic mass is 35.5. The maximum Gasteiger partial charge on any atom is 0.289 e. The van der Waals surface area contributed by atoms with E-state index >= 15 is 0 Å². The van der Waals surface area contributed by atoms with Gasteiger partial charge in [0.05, 0.1) is 5.88 Å². The maximum absolute atomic E-state index is 12.3. The number of carbonyl (C=O) groups excluding carboxylic acids is 1. The third kappa shape index (κ3) is 2.72. The van der Waals surface area contributed by atoms with E-state index in [0.29, 0.717) is 17.7 Å². The fourth-order valence-corrected chi connectivity index (χ4v) is 2.83. The predicted molar refractivity (Wildman–Crippen MR) is 72.0 cm³/mol. The van der Waals surface area contributed by atoms with Crippen LogP contribution in [0.5, 0.6) is 0 Å². The molecule has 1 amide bonds. The highest BCUT2D eigenvalue weighted by molar-refractivity contribution is 6.17. The summed E-state index contributed by atoms with van der Waals surface area (Å²) in [5, 5.41) is 0. The van der Waals surface area contributed by atoms with E-state index in [1.807, 2.05) is 18.9 Å². The largest absolute Gasteiger partial charge is 0.456 e. The summed E-state index contributed by atoms with van der Waals surface area (Å²) in [6.07, 6.45) is 5.92. The molecule has 0 unspecified atom stereocenters. The lowest BCUT2D eigenvalue weighted by Crippen LogP contribution is -2.38. The average Bonchev–Trinajstić information content (AvgIpc) is 2.79. The van der Waals surface area contributed by atoms with E-state index in [1.165, 1.54) is 19.3 Å². The number of nitrogens with zero attached hydrogens (tertiary/aromatic N) is 1. The molecule has 1 saturated carbocycles. The van der Waals surface area contributed by atoms with E-state index in [2.05, 4.69) is 0 Å². The quantitative estimate of drug-likeness (QED) is 0.784. The first kappa shape index (κ1) is 13.5. The summed E-state index contributed by atoms with van der Waals surface area (Å²) in [6.45, 7) is 1.84. The summed E-state index contributed by atoms with van der Waals surface area (Å²) in [4.78, 5) is 14.1. The van der Waals surface area contributed by atoms with Crippen molar-refractivity contribution in [1.29, 1.82) is 0 Å². The molecular formula is C14H20ClNO2. The van der Waals surface area contributed by atoms with Crippen molar-refractivity contribution in [2.75, 3.05) is 7.05 Å². The Morgan fingerprint density at radius 1 is 1.44 bits per heavy atom. The van der Waals surface area contributed by atoms with Crippen LogP contribution >= 0.6 is 11.6 Å². The van der Waals surface area contributed by atoms with Crippen LogP contribution in [-0.2, 0) is 5.88 Å². The molecule has 1 aliphatic rings. The molecular weight excluding hydrogens is 250 g/mol. The summed E-state index contributed by atoms with van der Waals surface area (Å²) in [6, 6.07) is 2.13. The Labute approximate surface area is 113 Å². The standard InChI is InChI=1S/C14H20ClNO2/c1-10-11(9-15)8-13(18-10)14(17)16(2)12-6-4-3-5-7-12/h8,12H,3-7,9H2,1-2H3. The molecule has 0 aliphatic heterocycles. The number of carbonyl (C=O) groups is 1. The molecule has 0 bridgehead atoms. The van der Waals surface area contributed by atoms with E-state index < -0.39 is 0 Å². The van der Waals surface area contributed by atoms with Gasteiger partial charge in [-0.1, -0.05) is 19.3 Å². The topological polar surface area (TPSA) is 33.5 Å². The number of hydrogen-bond donors (Lipinski definition) is 0. The number of amides is 1. The van der Waals surface area contributed by atoms with Gasteiger partial charge in [-0.15, -0.1) is 11.6 Å². The second kappa shape index (κ2) is 5.79. The monoisotopic (exact) mass is 269 g/mol. The minimum Gasteiger partial charge on any atom is -0.456 e. The summed E-state index contributed by atoms with van der Waals surface area (Å²) in [7, 11) is 1.87.